The van der Waals surface area contributed by atoms with Crippen molar-refractivity contribution in [2.75, 3.05) is 0 Å². The van der Waals surface area contributed by atoms with E-state index in [-0.39, 0.29) is 0 Å². The summed E-state index contributed by atoms with van der Waals surface area (Å²) in [5.74, 6) is 1.28. The third-order valence-electron chi connectivity index (χ3n) is 2.46. The van der Waals surface area contributed by atoms with Crippen molar-refractivity contribution in [3.8, 4) is 0 Å². The largest absolute Gasteiger partial charge is 0.0988 e. The van der Waals surface area contributed by atoms with E-state index >= 15 is 0 Å². The van der Waals surface area contributed by atoms with Crippen LogP contribution < -0.4 is 0 Å². The van der Waals surface area contributed by atoms with Crippen LogP contribution in [0.25, 0.3) is 0 Å². The monoisotopic (exact) mass is 180 g/mol. The molecule has 0 aromatic carbocycles. The smallest absolute Gasteiger partial charge is 0.0117 e. The van der Waals surface area contributed by atoms with Crippen molar-refractivity contribution in [2.45, 2.75) is 41.0 Å². The summed E-state index contributed by atoms with van der Waals surface area (Å²) in [4.78, 5) is 0. The highest BCUT2D eigenvalue weighted by molar-refractivity contribution is 5.17. The molecule has 0 spiro atoms. The highest BCUT2D eigenvalue weighted by Gasteiger charge is 2.26. The minimum atomic E-state index is 0.301. The van der Waals surface area contributed by atoms with Crippen molar-refractivity contribution in [3.05, 3.63) is 24.8 Å². The molecule has 0 aliphatic carbocycles. The first kappa shape index (κ1) is 12.5. The van der Waals surface area contributed by atoms with Gasteiger partial charge in [0.25, 0.3) is 0 Å². The number of hydrogen-bond donors (Lipinski definition) is 0. The molecule has 0 amide bonds. The molecule has 1 atom stereocenters. The van der Waals surface area contributed by atoms with E-state index in [2.05, 4.69) is 47.8 Å². The first-order chi connectivity index (χ1) is 5.79. The third-order valence-corrected chi connectivity index (χ3v) is 2.46. The molecule has 0 aromatic rings. The Morgan fingerprint density at radius 1 is 1.31 bits per heavy atom. The molecule has 1 unspecified atom stereocenters. The Morgan fingerprint density at radius 3 is 2.00 bits per heavy atom. The quantitative estimate of drug-likeness (QED) is 0.561. The lowest BCUT2D eigenvalue weighted by atomic mass is 9.72. The summed E-state index contributed by atoms with van der Waals surface area (Å²) in [5.41, 5.74) is 1.48. The molecular formula is C13H24. The molecule has 0 fully saturated rings. The predicted molar refractivity (Wildman–Crippen MR) is 61.7 cm³/mol. The average molecular weight is 180 g/mol. The van der Waals surface area contributed by atoms with E-state index in [1.807, 2.05) is 6.08 Å². The first-order valence-electron chi connectivity index (χ1n) is 5.10. The average Bonchev–Trinajstić information content (AvgIpc) is 1.96. The van der Waals surface area contributed by atoms with Crippen molar-refractivity contribution in [1.82, 2.24) is 0 Å². The van der Waals surface area contributed by atoms with Gasteiger partial charge in [0.05, 0.1) is 0 Å². The van der Waals surface area contributed by atoms with Crippen molar-refractivity contribution in [2.24, 2.45) is 17.3 Å². The summed E-state index contributed by atoms with van der Waals surface area (Å²) < 4.78 is 0. The van der Waals surface area contributed by atoms with Crippen molar-refractivity contribution < 1.29 is 0 Å². The van der Waals surface area contributed by atoms with Gasteiger partial charge in [0.1, 0.15) is 0 Å². The summed E-state index contributed by atoms with van der Waals surface area (Å²) >= 11 is 0. The van der Waals surface area contributed by atoms with Gasteiger partial charge < -0.3 is 0 Å². The van der Waals surface area contributed by atoms with Crippen molar-refractivity contribution >= 4 is 0 Å². The van der Waals surface area contributed by atoms with Crippen LogP contribution in [0.3, 0.4) is 0 Å². The number of hydrogen-bond acceptors (Lipinski definition) is 0. The van der Waals surface area contributed by atoms with Crippen LogP contribution in [0, 0.1) is 17.3 Å². The molecule has 0 saturated heterocycles. The van der Waals surface area contributed by atoms with Gasteiger partial charge in [-0.3, -0.25) is 0 Å². The Kier molecular flexibility index (Phi) is 4.46. The maximum absolute atomic E-state index is 4.07. The molecular weight excluding hydrogens is 156 g/mol. The number of allylic oxidation sites excluding steroid dienone is 2. The lowest BCUT2D eigenvalue weighted by Gasteiger charge is -2.32. The van der Waals surface area contributed by atoms with E-state index in [4.69, 9.17) is 0 Å². The fraction of sp³-hybridized carbons (Fsp3) is 0.692. The Morgan fingerprint density at radius 2 is 1.77 bits per heavy atom. The second kappa shape index (κ2) is 4.64. The molecule has 0 aromatic heterocycles. The fourth-order valence-electron chi connectivity index (χ4n) is 1.67. The van der Waals surface area contributed by atoms with Gasteiger partial charge in [-0.25, -0.2) is 0 Å². The van der Waals surface area contributed by atoms with Gasteiger partial charge in [0.2, 0.25) is 0 Å². The van der Waals surface area contributed by atoms with E-state index in [9.17, 15) is 0 Å². The van der Waals surface area contributed by atoms with Crippen LogP contribution in [0.4, 0.5) is 0 Å². The molecule has 0 rings (SSSR count). The molecule has 0 aliphatic rings. The standard InChI is InChI=1S/C13H24/c1-8-11(4)12(9-10(2)3)13(5,6)7/h8,10,12H,1,4,9H2,2-3,5-7H3. The van der Waals surface area contributed by atoms with Crippen molar-refractivity contribution in [1.29, 1.82) is 0 Å². The lowest BCUT2D eigenvalue weighted by Crippen LogP contribution is -2.23. The van der Waals surface area contributed by atoms with Gasteiger partial charge >= 0.3 is 0 Å². The Hall–Kier alpha value is -0.520. The van der Waals surface area contributed by atoms with Crippen LogP contribution in [0.2, 0.25) is 0 Å². The van der Waals surface area contributed by atoms with Gasteiger partial charge in [0, 0.05) is 0 Å². The molecule has 0 aliphatic heterocycles. The van der Waals surface area contributed by atoms with Crippen LogP contribution >= 0.6 is 0 Å². The number of rotatable bonds is 4. The topological polar surface area (TPSA) is 0 Å². The van der Waals surface area contributed by atoms with Gasteiger partial charge in [0.15, 0.2) is 0 Å². The summed E-state index contributed by atoms with van der Waals surface area (Å²) in [6, 6.07) is 0. The summed E-state index contributed by atoms with van der Waals surface area (Å²) in [6.07, 6.45) is 3.10. The highest BCUT2D eigenvalue weighted by Crippen LogP contribution is 2.36. The van der Waals surface area contributed by atoms with Crippen LogP contribution in [0.15, 0.2) is 24.8 Å². The maximum atomic E-state index is 4.07. The Balaban J connectivity index is 4.56. The molecule has 0 heterocycles. The van der Waals surface area contributed by atoms with Crippen LogP contribution in [-0.4, -0.2) is 0 Å². The Bertz CT molecular complexity index is 179. The van der Waals surface area contributed by atoms with E-state index in [1.165, 1.54) is 12.0 Å². The molecule has 0 bridgehead atoms. The lowest BCUT2D eigenvalue weighted by molar-refractivity contribution is 0.245. The fourth-order valence-corrected chi connectivity index (χ4v) is 1.67. The summed E-state index contributed by atoms with van der Waals surface area (Å²) in [5, 5.41) is 0. The molecule has 13 heavy (non-hydrogen) atoms. The normalized spacial score (nSPS) is 14.3. The van der Waals surface area contributed by atoms with Crippen molar-refractivity contribution in [3.63, 3.8) is 0 Å². The van der Waals surface area contributed by atoms with Gasteiger partial charge in [-0.15, -0.1) is 0 Å². The van der Waals surface area contributed by atoms with Gasteiger partial charge in [-0.2, -0.15) is 0 Å². The molecule has 0 N–H and O–H groups in total. The molecule has 0 radical (unpaired) electrons. The summed E-state index contributed by atoms with van der Waals surface area (Å²) in [7, 11) is 0. The molecule has 76 valence electrons. The highest BCUT2D eigenvalue weighted by atomic mass is 14.3. The first-order valence-corrected chi connectivity index (χ1v) is 5.10. The SMILES string of the molecule is C=CC(=C)C(CC(C)C)C(C)(C)C. The zero-order valence-corrected chi connectivity index (χ0v) is 9.85. The second-order valence-electron chi connectivity index (χ2n) is 5.33. The molecule has 0 saturated carbocycles. The zero-order chi connectivity index (χ0) is 10.6. The maximum Gasteiger partial charge on any atom is -0.0117 e. The minimum Gasteiger partial charge on any atom is -0.0988 e. The Labute approximate surface area is 83.7 Å². The predicted octanol–water partition coefficient (Wildman–Crippen LogP) is 4.44. The van der Waals surface area contributed by atoms with E-state index < -0.39 is 0 Å². The van der Waals surface area contributed by atoms with E-state index in [0.29, 0.717) is 11.3 Å². The third kappa shape index (κ3) is 4.31. The van der Waals surface area contributed by atoms with E-state index in [1.54, 1.807) is 0 Å². The zero-order valence-electron chi connectivity index (χ0n) is 9.85. The minimum absolute atomic E-state index is 0.301. The van der Waals surface area contributed by atoms with Crippen LogP contribution in [0.5, 0.6) is 0 Å². The molecule has 0 nitrogen and oxygen atoms in total. The van der Waals surface area contributed by atoms with Crippen LogP contribution in [0.1, 0.15) is 41.0 Å². The van der Waals surface area contributed by atoms with Gasteiger partial charge in [-0.1, -0.05) is 59.4 Å². The van der Waals surface area contributed by atoms with E-state index in [0.717, 1.165) is 5.92 Å². The summed E-state index contributed by atoms with van der Waals surface area (Å²) in [6.45, 7) is 19.2. The molecule has 0 heteroatoms. The van der Waals surface area contributed by atoms with Crippen LogP contribution in [-0.2, 0) is 0 Å². The second-order valence-corrected chi connectivity index (χ2v) is 5.33. The van der Waals surface area contributed by atoms with Gasteiger partial charge in [-0.05, 0) is 23.7 Å².